The van der Waals surface area contributed by atoms with Crippen molar-refractivity contribution in [2.24, 2.45) is 0 Å². The second-order valence-corrected chi connectivity index (χ2v) is 1.58. The Morgan fingerprint density at radius 2 is 1.30 bits per heavy atom. The highest BCUT2D eigenvalue weighted by Crippen LogP contribution is 1.80. The Labute approximate surface area is 62.6 Å². The van der Waals surface area contributed by atoms with E-state index in [2.05, 4.69) is 6.58 Å². The van der Waals surface area contributed by atoms with Gasteiger partial charge in [-0.1, -0.05) is 61.8 Å². The first-order valence-corrected chi connectivity index (χ1v) is 3.07. The summed E-state index contributed by atoms with van der Waals surface area (Å²) in [5.41, 5.74) is 0. The van der Waals surface area contributed by atoms with Gasteiger partial charge in [0, 0.05) is 0 Å². The number of hydrogen-bond acceptors (Lipinski definition) is 0. The van der Waals surface area contributed by atoms with E-state index < -0.39 is 0 Å². The predicted octanol–water partition coefficient (Wildman–Crippen LogP) is 2.83. The highest BCUT2D eigenvalue weighted by Gasteiger charge is 1.58. The molecule has 0 heterocycles. The molecule has 0 aromatic rings. The van der Waals surface area contributed by atoms with Crippen LogP contribution < -0.4 is 0 Å². The molecule has 0 amide bonds. The Morgan fingerprint density at radius 3 is 1.80 bits per heavy atom. The molecule has 0 spiro atoms. The van der Waals surface area contributed by atoms with Crippen LogP contribution in [0.4, 0.5) is 0 Å². The molecule has 0 atom stereocenters. The fourth-order valence-electron chi connectivity index (χ4n) is 0.399. The third kappa shape index (κ3) is 6.70. The van der Waals surface area contributed by atoms with Crippen LogP contribution in [0.5, 0.6) is 0 Å². The second-order valence-electron chi connectivity index (χ2n) is 1.58. The number of hydrogen-bond donors (Lipinski definition) is 0. The van der Waals surface area contributed by atoms with Crippen molar-refractivity contribution in [1.82, 2.24) is 0 Å². The summed E-state index contributed by atoms with van der Waals surface area (Å²) < 4.78 is 0. The van der Waals surface area contributed by atoms with Crippen LogP contribution in [0.3, 0.4) is 0 Å². The Morgan fingerprint density at radius 1 is 0.800 bits per heavy atom. The monoisotopic (exact) mass is 131 g/mol. The van der Waals surface area contributed by atoms with Crippen LogP contribution in [0.1, 0.15) is 0 Å². The Bertz CT molecular complexity index is 148. The standard InChI is InChI=1S/C10H11/c1-3-5-7-9-10-8-6-4-2/h1,3-10H,2H2/b3-1?,7-5+,8-6+,10-9+. The number of allylic oxidation sites excluding steroid dienone is 8. The lowest BCUT2D eigenvalue weighted by Crippen LogP contribution is -1.48. The summed E-state index contributed by atoms with van der Waals surface area (Å²) in [5, 5.41) is 0. The van der Waals surface area contributed by atoms with Gasteiger partial charge in [-0.3, -0.25) is 0 Å². The van der Waals surface area contributed by atoms with Crippen molar-refractivity contribution >= 4 is 0 Å². The smallest absolute Gasteiger partial charge is 0.0623 e. The lowest BCUT2D eigenvalue weighted by molar-refractivity contribution is 1.87. The average Bonchev–Trinajstić information content (AvgIpc) is 1.97. The summed E-state index contributed by atoms with van der Waals surface area (Å²) in [6, 6.07) is 0. The minimum Gasteiger partial charge on any atom is -0.0991 e. The molecule has 0 saturated heterocycles. The fraction of sp³-hybridized carbons (Fsp3) is 0. The average molecular weight is 131 g/mol. The Kier molecular flexibility index (Phi) is 6.70. The molecule has 0 nitrogen and oxygen atoms in total. The van der Waals surface area contributed by atoms with Gasteiger partial charge in [0.1, 0.15) is 0 Å². The molecule has 0 N–H and O–H groups in total. The van der Waals surface area contributed by atoms with E-state index in [0.717, 1.165) is 0 Å². The van der Waals surface area contributed by atoms with E-state index in [-0.39, 0.29) is 0 Å². The van der Waals surface area contributed by atoms with Gasteiger partial charge in [0.05, 0.1) is 0 Å². The molecule has 0 aliphatic carbocycles. The molecule has 0 bridgehead atoms. The van der Waals surface area contributed by atoms with Crippen molar-refractivity contribution in [3.05, 3.63) is 61.8 Å². The van der Waals surface area contributed by atoms with Gasteiger partial charge < -0.3 is 0 Å². The summed E-state index contributed by atoms with van der Waals surface area (Å²) >= 11 is 0. The molecule has 0 heteroatoms. The van der Waals surface area contributed by atoms with Crippen LogP contribution in [0.2, 0.25) is 0 Å². The highest BCUT2D eigenvalue weighted by atomic mass is 13.7. The SMILES string of the molecule is [CH]=C/C=C/C=C/C=C/C=C. The first-order chi connectivity index (χ1) is 4.91. The first kappa shape index (κ1) is 8.70. The number of rotatable bonds is 4. The van der Waals surface area contributed by atoms with Gasteiger partial charge in [0.15, 0.2) is 0 Å². The van der Waals surface area contributed by atoms with Crippen molar-refractivity contribution in [3.8, 4) is 0 Å². The van der Waals surface area contributed by atoms with E-state index in [9.17, 15) is 0 Å². The van der Waals surface area contributed by atoms with Crippen LogP contribution in [0.25, 0.3) is 0 Å². The summed E-state index contributed by atoms with van der Waals surface area (Å²) in [6.45, 7) is 8.62. The van der Waals surface area contributed by atoms with Crippen molar-refractivity contribution in [2.75, 3.05) is 0 Å². The molecule has 1 radical (unpaired) electrons. The van der Waals surface area contributed by atoms with Gasteiger partial charge >= 0.3 is 0 Å². The third-order valence-electron chi connectivity index (χ3n) is 0.803. The largest absolute Gasteiger partial charge is 0.0991 e. The molecule has 0 saturated carbocycles. The molecular formula is C10H11. The predicted molar refractivity (Wildman–Crippen MR) is 46.5 cm³/mol. The van der Waals surface area contributed by atoms with Gasteiger partial charge in [-0.25, -0.2) is 0 Å². The van der Waals surface area contributed by atoms with E-state index in [1.807, 2.05) is 30.4 Å². The van der Waals surface area contributed by atoms with E-state index in [1.54, 1.807) is 12.2 Å². The van der Waals surface area contributed by atoms with Crippen molar-refractivity contribution in [2.45, 2.75) is 0 Å². The molecule has 0 unspecified atom stereocenters. The van der Waals surface area contributed by atoms with Crippen molar-refractivity contribution in [3.63, 3.8) is 0 Å². The zero-order valence-electron chi connectivity index (χ0n) is 5.90. The minimum atomic E-state index is 1.49. The van der Waals surface area contributed by atoms with Crippen LogP contribution in [0.15, 0.2) is 55.2 Å². The lowest BCUT2D eigenvalue weighted by Gasteiger charge is -1.70. The lowest BCUT2D eigenvalue weighted by atomic mass is 10.4. The molecule has 0 aromatic heterocycles. The Hall–Kier alpha value is -1.30. The topological polar surface area (TPSA) is 0 Å². The van der Waals surface area contributed by atoms with Gasteiger partial charge in [-0.15, -0.1) is 0 Å². The van der Waals surface area contributed by atoms with Gasteiger partial charge in [0.25, 0.3) is 0 Å². The summed E-state index contributed by atoms with van der Waals surface area (Å²) in [7, 11) is 0. The third-order valence-corrected chi connectivity index (χ3v) is 0.803. The molecule has 0 rings (SSSR count). The summed E-state index contributed by atoms with van der Waals surface area (Å²) in [5.74, 6) is 0. The van der Waals surface area contributed by atoms with Gasteiger partial charge in [-0.2, -0.15) is 0 Å². The van der Waals surface area contributed by atoms with E-state index in [0.29, 0.717) is 0 Å². The second kappa shape index (κ2) is 7.70. The fourth-order valence-corrected chi connectivity index (χ4v) is 0.399. The minimum absolute atomic E-state index is 1.49. The van der Waals surface area contributed by atoms with Crippen molar-refractivity contribution < 1.29 is 0 Å². The summed E-state index contributed by atoms with van der Waals surface area (Å²) in [4.78, 5) is 0. The highest BCUT2D eigenvalue weighted by molar-refractivity contribution is 5.15. The maximum Gasteiger partial charge on any atom is -0.0623 e. The first-order valence-electron chi connectivity index (χ1n) is 3.07. The molecule has 0 aromatic carbocycles. The molecule has 10 heavy (non-hydrogen) atoms. The van der Waals surface area contributed by atoms with Crippen LogP contribution in [-0.4, -0.2) is 0 Å². The zero-order chi connectivity index (χ0) is 7.66. The Balaban J connectivity index is 3.55. The van der Waals surface area contributed by atoms with Crippen LogP contribution in [0, 0.1) is 6.58 Å². The maximum atomic E-state index is 5.09. The van der Waals surface area contributed by atoms with E-state index >= 15 is 0 Å². The molecule has 51 valence electrons. The zero-order valence-corrected chi connectivity index (χ0v) is 5.90. The van der Waals surface area contributed by atoms with E-state index in [4.69, 9.17) is 6.58 Å². The molecular weight excluding hydrogens is 120 g/mol. The van der Waals surface area contributed by atoms with Crippen molar-refractivity contribution in [1.29, 1.82) is 0 Å². The molecule has 0 aliphatic rings. The van der Waals surface area contributed by atoms with Gasteiger partial charge in [-0.05, 0) is 0 Å². The molecule has 0 aliphatic heterocycles. The van der Waals surface area contributed by atoms with Crippen LogP contribution >= 0.6 is 0 Å². The van der Waals surface area contributed by atoms with E-state index in [1.165, 1.54) is 6.08 Å². The maximum absolute atomic E-state index is 5.09. The summed E-state index contributed by atoms with van der Waals surface area (Å²) in [6.07, 6.45) is 14.4. The van der Waals surface area contributed by atoms with Gasteiger partial charge in [0.2, 0.25) is 0 Å². The normalized spacial score (nSPS) is 11.6. The molecule has 0 fully saturated rings. The van der Waals surface area contributed by atoms with Crippen LogP contribution in [-0.2, 0) is 0 Å². The quantitative estimate of drug-likeness (QED) is 0.515.